The first kappa shape index (κ1) is 14.0. The van der Waals surface area contributed by atoms with E-state index in [0.29, 0.717) is 6.04 Å². The normalized spacial score (nSPS) is 12.3. The SMILES string of the molecule is CCNC(Cc1ccncc1)Cc1ccc(Cl)cc1. The van der Waals surface area contributed by atoms with Gasteiger partial charge in [-0.15, -0.1) is 0 Å². The number of likely N-dealkylation sites (N-methyl/N-ethyl adjacent to an activating group) is 1. The Hall–Kier alpha value is -1.38. The Balaban J connectivity index is 2.01. The van der Waals surface area contributed by atoms with Gasteiger partial charge in [0.2, 0.25) is 0 Å². The highest BCUT2D eigenvalue weighted by Gasteiger charge is 2.09. The predicted molar refractivity (Wildman–Crippen MR) is 80.6 cm³/mol. The number of aromatic nitrogens is 1. The molecule has 0 radical (unpaired) electrons. The van der Waals surface area contributed by atoms with Crippen molar-refractivity contribution in [3.05, 3.63) is 64.9 Å². The zero-order valence-electron chi connectivity index (χ0n) is 11.1. The van der Waals surface area contributed by atoms with E-state index in [1.54, 1.807) is 0 Å². The number of nitrogens with zero attached hydrogens (tertiary/aromatic N) is 1. The molecule has 1 heterocycles. The second-order valence-electron chi connectivity index (χ2n) is 4.64. The largest absolute Gasteiger partial charge is 0.314 e. The Bertz CT molecular complexity index is 482. The number of hydrogen-bond acceptors (Lipinski definition) is 2. The van der Waals surface area contributed by atoms with Crippen molar-refractivity contribution in [2.45, 2.75) is 25.8 Å². The van der Waals surface area contributed by atoms with Gasteiger partial charge in [-0.3, -0.25) is 4.98 Å². The number of hydrogen-bond donors (Lipinski definition) is 1. The van der Waals surface area contributed by atoms with Gasteiger partial charge in [0.05, 0.1) is 0 Å². The molecule has 3 heteroatoms. The first-order valence-electron chi connectivity index (χ1n) is 6.64. The van der Waals surface area contributed by atoms with Crippen LogP contribution in [0, 0.1) is 0 Å². The number of halogens is 1. The maximum Gasteiger partial charge on any atom is 0.0406 e. The zero-order chi connectivity index (χ0) is 13.5. The lowest BCUT2D eigenvalue weighted by Gasteiger charge is -2.18. The molecule has 1 unspecified atom stereocenters. The summed E-state index contributed by atoms with van der Waals surface area (Å²) in [5, 5.41) is 4.33. The molecule has 2 nitrogen and oxygen atoms in total. The van der Waals surface area contributed by atoms with Crippen molar-refractivity contribution in [1.29, 1.82) is 0 Å². The molecule has 19 heavy (non-hydrogen) atoms. The lowest BCUT2D eigenvalue weighted by Crippen LogP contribution is -2.33. The Morgan fingerprint density at radius 2 is 1.58 bits per heavy atom. The molecular formula is C16H19ClN2. The molecule has 2 rings (SSSR count). The third-order valence-corrected chi connectivity index (χ3v) is 3.37. The molecule has 1 aromatic carbocycles. The summed E-state index contributed by atoms with van der Waals surface area (Å²) in [6.45, 7) is 3.12. The fourth-order valence-corrected chi connectivity index (χ4v) is 2.34. The number of pyridine rings is 1. The van der Waals surface area contributed by atoms with E-state index in [1.165, 1.54) is 11.1 Å². The van der Waals surface area contributed by atoms with Crippen LogP contribution in [-0.2, 0) is 12.8 Å². The Kier molecular flexibility index (Phi) is 5.37. The van der Waals surface area contributed by atoms with Crippen LogP contribution >= 0.6 is 11.6 Å². The van der Waals surface area contributed by atoms with Crippen molar-refractivity contribution in [2.24, 2.45) is 0 Å². The van der Waals surface area contributed by atoms with E-state index in [4.69, 9.17) is 11.6 Å². The van der Waals surface area contributed by atoms with Crippen molar-refractivity contribution >= 4 is 11.6 Å². The van der Waals surface area contributed by atoms with Gasteiger partial charge in [0, 0.05) is 23.5 Å². The van der Waals surface area contributed by atoms with Crippen LogP contribution in [0.25, 0.3) is 0 Å². The number of benzene rings is 1. The summed E-state index contributed by atoms with van der Waals surface area (Å²) < 4.78 is 0. The summed E-state index contributed by atoms with van der Waals surface area (Å²) in [7, 11) is 0. The van der Waals surface area contributed by atoms with Gasteiger partial charge >= 0.3 is 0 Å². The van der Waals surface area contributed by atoms with Crippen LogP contribution in [0.4, 0.5) is 0 Å². The van der Waals surface area contributed by atoms with Gasteiger partial charge in [0.25, 0.3) is 0 Å². The Morgan fingerprint density at radius 3 is 2.16 bits per heavy atom. The number of nitrogens with one attached hydrogen (secondary N) is 1. The molecule has 100 valence electrons. The lowest BCUT2D eigenvalue weighted by atomic mass is 9.99. The summed E-state index contributed by atoms with van der Waals surface area (Å²) in [5.41, 5.74) is 2.62. The molecule has 0 spiro atoms. The minimum atomic E-state index is 0.438. The molecule has 1 aromatic heterocycles. The van der Waals surface area contributed by atoms with Gasteiger partial charge in [0.1, 0.15) is 0 Å². The average Bonchev–Trinajstić information content (AvgIpc) is 2.43. The molecule has 0 bridgehead atoms. The zero-order valence-corrected chi connectivity index (χ0v) is 11.9. The van der Waals surface area contributed by atoms with E-state index in [-0.39, 0.29) is 0 Å². The summed E-state index contributed by atoms with van der Waals surface area (Å²) in [4.78, 5) is 4.06. The van der Waals surface area contributed by atoms with Crippen LogP contribution in [0.3, 0.4) is 0 Å². The van der Waals surface area contributed by atoms with Crippen LogP contribution in [0.15, 0.2) is 48.8 Å². The molecule has 1 N–H and O–H groups in total. The molecular weight excluding hydrogens is 256 g/mol. The van der Waals surface area contributed by atoms with Gasteiger partial charge in [-0.05, 0) is 54.8 Å². The third-order valence-electron chi connectivity index (χ3n) is 3.12. The van der Waals surface area contributed by atoms with Gasteiger partial charge in [0.15, 0.2) is 0 Å². The molecule has 0 aliphatic heterocycles. The maximum atomic E-state index is 5.92. The van der Waals surface area contributed by atoms with E-state index >= 15 is 0 Å². The first-order valence-corrected chi connectivity index (χ1v) is 7.02. The van der Waals surface area contributed by atoms with Gasteiger partial charge in [-0.2, -0.15) is 0 Å². The second-order valence-corrected chi connectivity index (χ2v) is 5.08. The van der Waals surface area contributed by atoms with Crippen molar-refractivity contribution in [1.82, 2.24) is 10.3 Å². The lowest BCUT2D eigenvalue weighted by molar-refractivity contribution is 0.521. The van der Waals surface area contributed by atoms with E-state index in [0.717, 1.165) is 24.4 Å². The van der Waals surface area contributed by atoms with Gasteiger partial charge in [-0.25, -0.2) is 0 Å². The van der Waals surface area contributed by atoms with Crippen molar-refractivity contribution in [2.75, 3.05) is 6.54 Å². The highest BCUT2D eigenvalue weighted by Crippen LogP contribution is 2.13. The molecule has 0 amide bonds. The molecule has 0 saturated heterocycles. The smallest absolute Gasteiger partial charge is 0.0406 e. The molecule has 0 aliphatic rings. The first-order chi connectivity index (χ1) is 9.28. The Labute approximate surface area is 119 Å². The maximum absolute atomic E-state index is 5.92. The summed E-state index contributed by atoms with van der Waals surface area (Å²) >= 11 is 5.92. The van der Waals surface area contributed by atoms with E-state index < -0.39 is 0 Å². The Morgan fingerprint density at radius 1 is 1.00 bits per heavy atom. The summed E-state index contributed by atoms with van der Waals surface area (Å²) in [5.74, 6) is 0. The topological polar surface area (TPSA) is 24.9 Å². The molecule has 1 atom stereocenters. The molecule has 0 fully saturated rings. The fourth-order valence-electron chi connectivity index (χ4n) is 2.21. The predicted octanol–water partition coefficient (Wildman–Crippen LogP) is 3.50. The summed E-state index contributed by atoms with van der Waals surface area (Å²) in [6, 6.07) is 12.7. The van der Waals surface area contributed by atoms with Crippen LogP contribution in [-0.4, -0.2) is 17.6 Å². The van der Waals surface area contributed by atoms with Crippen molar-refractivity contribution in [3.8, 4) is 0 Å². The highest BCUT2D eigenvalue weighted by atomic mass is 35.5. The van der Waals surface area contributed by atoms with E-state index in [1.807, 2.05) is 24.5 Å². The minimum absolute atomic E-state index is 0.438. The van der Waals surface area contributed by atoms with E-state index in [9.17, 15) is 0 Å². The van der Waals surface area contributed by atoms with Gasteiger partial charge < -0.3 is 5.32 Å². The van der Waals surface area contributed by atoms with Crippen LogP contribution in [0.2, 0.25) is 5.02 Å². The van der Waals surface area contributed by atoms with Crippen molar-refractivity contribution < 1.29 is 0 Å². The van der Waals surface area contributed by atoms with Crippen LogP contribution in [0.1, 0.15) is 18.1 Å². The molecule has 0 aliphatic carbocycles. The standard InChI is InChI=1S/C16H19ClN2/c1-2-19-16(12-14-7-9-18-10-8-14)11-13-3-5-15(17)6-4-13/h3-10,16,19H,2,11-12H2,1H3. The van der Waals surface area contributed by atoms with Crippen LogP contribution in [0.5, 0.6) is 0 Å². The van der Waals surface area contributed by atoms with Crippen LogP contribution < -0.4 is 5.32 Å². The highest BCUT2D eigenvalue weighted by molar-refractivity contribution is 6.30. The summed E-state index contributed by atoms with van der Waals surface area (Å²) in [6.07, 6.45) is 5.72. The molecule has 0 saturated carbocycles. The quantitative estimate of drug-likeness (QED) is 0.872. The average molecular weight is 275 g/mol. The minimum Gasteiger partial charge on any atom is -0.314 e. The second kappa shape index (κ2) is 7.27. The number of rotatable bonds is 6. The van der Waals surface area contributed by atoms with E-state index in [2.05, 4.69) is 41.5 Å². The van der Waals surface area contributed by atoms with Gasteiger partial charge in [-0.1, -0.05) is 30.7 Å². The third kappa shape index (κ3) is 4.66. The van der Waals surface area contributed by atoms with Crippen molar-refractivity contribution in [3.63, 3.8) is 0 Å². The molecule has 2 aromatic rings. The monoisotopic (exact) mass is 274 g/mol. The fraction of sp³-hybridized carbons (Fsp3) is 0.312.